The highest BCUT2D eigenvalue weighted by atomic mass is 32.2. The number of rotatable bonds is 8. The summed E-state index contributed by atoms with van der Waals surface area (Å²) in [5, 5.41) is 6.00. The summed E-state index contributed by atoms with van der Waals surface area (Å²) in [5.74, 6) is 0.0292. The zero-order valence-electron chi connectivity index (χ0n) is 14.2. The average molecular weight is 355 g/mol. The van der Waals surface area contributed by atoms with Crippen molar-refractivity contribution in [2.75, 3.05) is 50.0 Å². The summed E-state index contributed by atoms with van der Waals surface area (Å²) in [6, 6.07) is 5.14. The smallest absolute Gasteiger partial charge is 0.251 e. The number of anilines is 1. The average Bonchev–Trinajstić information content (AvgIpc) is 2.89. The Balaban J connectivity index is 1.93. The van der Waals surface area contributed by atoms with E-state index in [4.69, 9.17) is 4.74 Å². The van der Waals surface area contributed by atoms with Gasteiger partial charge in [-0.1, -0.05) is 0 Å². The molecule has 1 aliphatic rings. The molecule has 0 aliphatic carbocycles. The largest absolute Gasteiger partial charge is 0.383 e. The van der Waals surface area contributed by atoms with E-state index >= 15 is 0 Å². The van der Waals surface area contributed by atoms with E-state index < -0.39 is 10.0 Å². The molecule has 1 aromatic rings. The van der Waals surface area contributed by atoms with Crippen LogP contribution in [0.1, 0.15) is 22.3 Å². The fraction of sp³-hybridized carbons (Fsp3) is 0.562. The summed E-state index contributed by atoms with van der Waals surface area (Å²) < 4.78 is 30.3. The van der Waals surface area contributed by atoms with Crippen LogP contribution in [0.2, 0.25) is 0 Å². The van der Waals surface area contributed by atoms with Crippen molar-refractivity contribution in [2.24, 2.45) is 0 Å². The third kappa shape index (κ3) is 4.68. The zero-order chi connectivity index (χ0) is 17.6. The van der Waals surface area contributed by atoms with Crippen molar-refractivity contribution in [1.29, 1.82) is 0 Å². The maximum atomic E-state index is 12.2. The number of sulfonamides is 1. The third-order valence-corrected chi connectivity index (χ3v) is 5.78. The Morgan fingerprint density at radius 3 is 2.71 bits per heavy atom. The molecule has 1 saturated heterocycles. The van der Waals surface area contributed by atoms with Crippen molar-refractivity contribution in [1.82, 2.24) is 10.6 Å². The van der Waals surface area contributed by atoms with Crippen molar-refractivity contribution in [3.63, 3.8) is 0 Å². The predicted octanol–water partition coefficient (Wildman–Crippen LogP) is 0.501. The van der Waals surface area contributed by atoms with Crippen LogP contribution >= 0.6 is 0 Å². The molecule has 0 spiro atoms. The van der Waals surface area contributed by atoms with Crippen molar-refractivity contribution in [2.45, 2.75) is 13.3 Å². The molecule has 7 nitrogen and oxygen atoms in total. The summed E-state index contributed by atoms with van der Waals surface area (Å²) in [5.41, 5.74) is 1.95. The van der Waals surface area contributed by atoms with Gasteiger partial charge in [-0.05, 0) is 37.1 Å². The minimum atomic E-state index is -3.20. The van der Waals surface area contributed by atoms with Crippen LogP contribution in [0, 0.1) is 6.92 Å². The number of amides is 1. The zero-order valence-corrected chi connectivity index (χ0v) is 15.0. The van der Waals surface area contributed by atoms with Gasteiger partial charge in [0.1, 0.15) is 0 Å². The molecule has 1 amide bonds. The molecule has 134 valence electrons. The van der Waals surface area contributed by atoms with Crippen LogP contribution in [-0.2, 0) is 14.8 Å². The van der Waals surface area contributed by atoms with Crippen LogP contribution in [0.4, 0.5) is 5.69 Å². The molecule has 0 bridgehead atoms. The normalized spacial score (nSPS) is 16.3. The summed E-state index contributed by atoms with van der Waals surface area (Å²) in [4.78, 5) is 12.2. The quantitative estimate of drug-likeness (QED) is 0.663. The summed E-state index contributed by atoms with van der Waals surface area (Å²) in [6.45, 7) is 4.87. The van der Waals surface area contributed by atoms with Crippen molar-refractivity contribution in [3.05, 3.63) is 29.3 Å². The van der Waals surface area contributed by atoms with Gasteiger partial charge in [-0.25, -0.2) is 8.42 Å². The van der Waals surface area contributed by atoms with Crippen molar-refractivity contribution >= 4 is 21.6 Å². The lowest BCUT2D eigenvalue weighted by Crippen LogP contribution is -2.33. The SMILES string of the molecule is COCCNCCNC(=O)c1ccc(N2CCCS2(=O)=O)cc1C. The summed E-state index contributed by atoms with van der Waals surface area (Å²) in [6.07, 6.45) is 0.639. The molecule has 24 heavy (non-hydrogen) atoms. The molecule has 0 unspecified atom stereocenters. The minimum absolute atomic E-state index is 0.156. The van der Waals surface area contributed by atoms with Gasteiger partial charge in [-0.3, -0.25) is 9.10 Å². The number of methoxy groups -OCH3 is 1. The molecular weight excluding hydrogens is 330 g/mol. The maximum Gasteiger partial charge on any atom is 0.251 e. The monoisotopic (exact) mass is 355 g/mol. The first kappa shape index (κ1) is 18.7. The van der Waals surface area contributed by atoms with Gasteiger partial charge in [-0.2, -0.15) is 0 Å². The molecule has 0 aromatic heterocycles. The maximum absolute atomic E-state index is 12.2. The van der Waals surface area contributed by atoms with E-state index in [2.05, 4.69) is 10.6 Å². The first-order chi connectivity index (χ1) is 11.5. The Bertz CT molecular complexity index is 676. The molecule has 1 fully saturated rings. The predicted molar refractivity (Wildman–Crippen MR) is 94.0 cm³/mol. The Hall–Kier alpha value is -1.64. The van der Waals surface area contributed by atoms with Crippen LogP contribution in [-0.4, -0.2) is 60.0 Å². The fourth-order valence-corrected chi connectivity index (χ4v) is 4.20. The molecule has 0 atom stereocenters. The van der Waals surface area contributed by atoms with E-state index in [-0.39, 0.29) is 11.7 Å². The van der Waals surface area contributed by atoms with Crippen LogP contribution in [0.25, 0.3) is 0 Å². The van der Waals surface area contributed by atoms with E-state index in [9.17, 15) is 13.2 Å². The number of benzene rings is 1. The lowest BCUT2D eigenvalue weighted by Gasteiger charge is -2.18. The standard InChI is InChI=1S/C16H25N3O4S/c1-13-12-14(19-9-3-11-24(19,21)22)4-5-15(13)16(20)18-7-6-17-8-10-23-2/h4-5,12,17H,3,6-11H2,1-2H3,(H,18,20). The number of hydrogen-bond acceptors (Lipinski definition) is 5. The van der Waals surface area contributed by atoms with Crippen LogP contribution in [0.5, 0.6) is 0 Å². The summed E-state index contributed by atoms with van der Waals surface area (Å²) >= 11 is 0. The molecule has 0 radical (unpaired) electrons. The molecule has 0 saturated carbocycles. The van der Waals surface area contributed by atoms with E-state index in [1.54, 1.807) is 25.3 Å². The van der Waals surface area contributed by atoms with E-state index in [0.717, 1.165) is 12.1 Å². The van der Waals surface area contributed by atoms with Crippen molar-refractivity contribution in [3.8, 4) is 0 Å². The lowest BCUT2D eigenvalue weighted by atomic mass is 10.1. The third-order valence-electron chi connectivity index (χ3n) is 3.91. The van der Waals surface area contributed by atoms with Crippen LogP contribution < -0.4 is 14.9 Å². The Morgan fingerprint density at radius 1 is 1.29 bits per heavy atom. The fourth-order valence-electron chi connectivity index (χ4n) is 2.65. The number of nitrogens with one attached hydrogen (secondary N) is 2. The van der Waals surface area contributed by atoms with Gasteiger partial charge in [0.05, 0.1) is 18.0 Å². The second-order valence-corrected chi connectivity index (χ2v) is 7.75. The van der Waals surface area contributed by atoms with Crippen LogP contribution in [0.3, 0.4) is 0 Å². The molecule has 1 aromatic carbocycles. The number of carbonyl (C=O) groups is 1. The number of nitrogens with zero attached hydrogens (tertiary/aromatic N) is 1. The molecule has 8 heteroatoms. The Kier molecular flexibility index (Phi) is 6.59. The minimum Gasteiger partial charge on any atom is -0.383 e. The first-order valence-corrected chi connectivity index (χ1v) is 9.65. The molecule has 1 heterocycles. The van der Waals surface area contributed by atoms with Gasteiger partial charge in [0.2, 0.25) is 10.0 Å². The second-order valence-electron chi connectivity index (χ2n) is 5.74. The number of carbonyl (C=O) groups excluding carboxylic acids is 1. The van der Waals surface area contributed by atoms with E-state index in [1.807, 2.05) is 6.92 Å². The van der Waals surface area contributed by atoms with Gasteiger partial charge in [-0.15, -0.1) is 0 Å². The van der Waals surface area contributed by atoms with E-state index in [1.165, 1.54) is 4.31 Å². The van der Waals surface area contributed by atoms with Gasteiger partial charge >= 0.3 is 0 Å². The van der Waals surface area contributed by atoms with Gasteiger partial charge in [0.15, 0.2) is 0 Å². The molecule has 2 rings (SSSR count). The number of ether oxygens (including phenoxy) is 1. The van der Waals surface area contributed by atoms with Gasteiger partial charge < -0.3 is 15.4 Å². The number of aryl methyl sites for hydroxylation is 1. The number of hydrogen-bond donors (Lipinski definition) is 2. The van der Waals surface area contributed by atoms with Gasteiger partial charge in [0.25, 0.3) is 5.91 Å². The lowest BCUT2D eigenvalue weighted by molar-refractivity contribution is 0.0953. The second kappa shape index (κ2) is 8.46. The van der Waals surface area contributed by atoms with Crippen molar-refractivity contribution < 1.29 is 17.9 Å². The Morgan fingerprint density at radius 2 is 2.08 bits per heavy atom. The molecule has 2 N–H and O–H groups in total. The molecular formula is C16H25N3O4S. The van der Waals surface area contributed by atoms with Crippen LogP contribution in [0.15, 0.2) is 18.2 Å². The molecule has 1 aliphatic heterocycles. The summed E-state index contributed by atoms with van der Waals surface area (Å²) in [7, 11) is -1.56. The Labute approximate surface area is 143 Å². The van der Waals surface area contributed by atoms with Gasteiger partial charge in [0, 0.05) is 38.9 Å². The van der Waals surface area contributed by atoms with E-state index in [0.29, 0.717) is 43.9 Å². The topological polar surface area (TPSA) is 87.7 Å². The highest BCUT2D eigenvalue weighted by molar-refractivity contribution is 7.93. The first-order valence-electron chi connectivity index (χ1n) is 8.04. The highest BCUT2D eigenvalue weighted by Crippen LogP contribution is 2.26. The highest BCUT2D eigenvalue weighted by Gasteiger charge is 2.28.